The Morgan fingerprint density at radius 3 is 2.60 bits per heavy atom. The molecule has 20 heavy (non-hydrogen) atoms. The van der Waals surface area contributed by atoms with Gasteiger partial charge in [-0.05, 0) is 12.5 Å². The number of benzene rings is 1. The third-order valence-corrected chi connectivity index (χ3v) is 2.56. The molecule has 2 aromatic rings. The molecule has 0 aliphatic carbocycles. The first-order chi connectivity index (χ1) is 9.37. The fourth-order valence-corrected chi connectivity index (χ4v) is 1.63. The molecule has 0 aliphatic heterocycles. The Balaban J connectivity index is 2.32. The van der Waals surface area contributed by atoms with E-state index in [4.69, 9.17) is 5.73 Å². The first-order valence-electron chi connectivity index (χ1n) is 5.75. The molecular weight excluding hydrogens is 271 g/mol. The first kappa shape index (κ1) is 14.1. The molecule has 0 saturated heterocycles. The fourth-order valence-electron chi connectivity index (χ4n) is 1.63. The van der Waals surface area contributed by atoms with E-state index in [1.807, 2.05) is 19.1 Å². The first-order valence-corrected chi connectivity index (χ1v) is 5.75. The summed E-state index contributed by atoms with van der Waals surface area (Å²) in [5, 5.41) is 0. The Kier molecular flexibility index (Phi) is 3.78. The molecule has 0 aliphatic rings. The van der Waals surface area contributed by atoms with Gasteiger partial charge in [0.05, 0.1) is 11.9 Å². The predicted octanol–water partition coefficient (Wildman–Crippen LogP) is 2.98. The highest BCUT2D eigenvalue weighted by atomic mass is 19.4. The second-order valence-corrected chi connectivity index (χ2v) is 4.16. The molecule has 1 aromatic heterocycles. The number of halogens is 3. The van der Waals surface area contributed by atoms with E-state index in [9.17, 15) is 13.2 Å². The molecule has 4 nitrogen and oxygen atoms in total. The van der Waals surface area contributed by atoms with Crippen LogP contribution in [0.15, 0.2) is 30.5 Å². The lowest BCUT2D eigenvalue weighted by Crippen LogP contribution is -2.20. The van der Waals surface area contributed by atoms with Gasteiger partial charge in [-0.3, -0.25) is 0 Å². The summed E-state index contributed by atoms with van der Waals surface area (Å²) in [6.07, 6.45) is -3.05. The van der Waals surface area contributed by atoms with Crippen molar-refractivity contribution in [3.63, 3.8) is 0 Å². The minimum absolute atomic E-state index is 0.174. The Labute approximate surface area is 113 Å². The van der Waals surface area contributed by atoms with Gasteiger partial charge in [-0.25, -0.2) is 9.97 Å². The monoisotopic (exact) mass is 283 g/mol. The van der Waals surface area contributed by atoms with E-state index in [0.29, 0.717) is 5.69 Å². The number of rotatable bonds is 3. The van der Waals surface area contributed by atoms with Crippen LogP contribution >= 0.6 is 0 Å². The average molecular weight is 283 g/mol. The molecule has 1 heterocycles. The zero-order valence-corrected chi connectivity index (χ0v) is 10.6. The van der Waals surface area contributed by atoms with Gasteiger partial charge in [0.25, 0.3) is 5.88 Å². The molecule has 0 spiro atoms. The second kappa shape index (κ2) is 5.36. The Morgan fingerprint density at radius 2 is 1.95 bits per heavy atom. The van der Waals surface area contributed by atoms with Crippen LogP contribution in [-0.4, -0.2) is 22.8 Å². The van der Waals surface area contributed by atoms with Gasteiger partial charge in [-0.2, -0.15) is 13.2 Å². The second-order valence-electron chi connectivity index (χ2n) is 4.16. The summed E-state index contributed by atoms with van der Waals surface area (Å²) in [4.78, 5) is 7.82. The third-order valence-electron chi connectivity index (χ3n) is 2.56. The van der Waals surface area contributed by atoms with Crippen LogP contribution in [0.1, 0.15) is 5.56 Å². The number of nitrogens with zero attached hydrogens (tertiary/aromatic N) is 2. The SMILES string of the molecule is Cc1ccccc1-c1cnc(N)c(OCC(F)(F)F)n1. The number of hydrogen-bond acceptors (Lipinski definition) is 4. The maximum absolute atomic E-state index is 12.1. The molecule has 2 rings (SSSR count). The van der Waals surface area contributed by atoms with Gasteiger partial charge in [0.1, 0.15) is 0 Å². The molecule has 7 heteroatoms. The Hall–Kier alpha value is -2.31. The molecule has 0 bridgehead atoms. The molecule has 1 aromatic carbocycles. The van der Waals surface area contributed by atoms with E-state index in [2.05, 4.69) is 14.7 Å². The van der Waals surface area contributed by atoms with Gasteiger partial charge in [-0.15, -0.1) is 0 Å². The van der Waals surface area contributed by atoms with Crippen molar-refractivity contribution in [2.75, 3.05) is 12.3 Å². The van der Waals surface area contributed by atoms with Crippen molar-refractivity contribution in [2.24, 2.45) is 0 Å². The average Bonchev–Trinajstić information content (AvgIpc) is 2.38. The van der Waals surface area contributed by atoms with Gasteiger partial charge >= 0.3 is 6.18 Å². The van der Waals surface area contributed by atoms with E-state index in [1.54, 1.807) is 12.1 Å². The molecule has 0 radical (unpaired) electrons. The van der Waals surface area contributed by atoms with Crippen molar-refractivity contribution < 1.29 is 17.9 Å². The normalized spacial score (nSPS) is 11.4. The number of hydrogen-bond donors (Lipinski definition) is 1. The molecule has 0 saturated carbocycles. The van der Waals surface area contributed by atoms with E-state index < -0.39 is 12.8 Å². The van der Waals surface area contributed by atoms with Crippen molar-refractivity contribution in [3.05, 3.63) is 36.0 Å². The van der Waals surface area contributed by atoms with E-state index in [1.165, 1.54) is 6.20 Å². The molecule has 2 N–H and O–H groups in total. The Morgan fingerprint density at radius 1 is 1.25 bits per heavy atom. The Bertz CT molecular complexity index is 614. The number of aryl methyl sites for hydroxylation is 1. The van der Waals surface area contributed by atoms with Crippen LogP contribution in [0.5, 0.6) is 5.88 Å². The van der Waals surface area contributed by atoms with Crippen molar-refractivity contribution in [2.45, 2.75) is 13.1 Å². The maximum atomic E-state index is 12.1. The van der Waals surface area contributed by atoms with Gasteiger partial charge in [0, 0.05) is 5.56 Å². The van der Waals surface area contributed by atoms with Crippen molar-refractivity contribution in [3.8, 4) is 17.1 Å². The summed E-state index contributed by atoms with van der Waals surface area (Å²) in [6.45, 7) is 0.409. The van der Waals surface area contributed by atoms with Gasteiger partial charge in [-0.1, -0.05) is 24.3 Å². The predicted molar refractivity (Wildman–Crippen MR) is 68.2 cm³/mol. The largest absolute Gasteiger partial charge is 0.465 e. The maximum Gasteiger partial charge on any atom is 0.422 e. The van der Waals surface area contributed by atoms with E-state index in [0.717, 1.165) is 11.1 Å². The van der Waals surface area contributed by atoms with Crippen molar-refractivity contribution in [1.29, 1.82) is 0 Å². The highest BCUT2D eigenvalue weighted by Crippen LogP contribution is 2.26. The van der Waals surface area contributed by atoms with Crippen LogP contribution in [0.3, 0.4) is 0 Å². The highest BCUT2D eigenvalue weighted by molar-refractivity contribution is 5.64. The van der Waals surface area contributed by atoms with Crippen molar-refractivity contribution in [1.82, 2.24) is 9.97 Å². The lowest BCUT2D eigenvalue weighted by atomic mass is 10.1. The lowest BCUT2D eigenvalue weighted by molar-refractivity contribution is -0.153. The number of nitrogens with two attached hydrogens (primary N) is 1. The molecule has 0 atom stereocenters. The number of ether oxygens (including phenoxy) is 1. The fraction of sp³-hybridized carbons (Fsp3) is 0.231. The summed E-state index contributed by atoms with van der Waals surface area (Å²) in [5.41, 5.74) is 7.57. The summed E-state index contributed by atoms with van der Waals surface area (Å²) in [5.74, 6) is -0.491. The molecule has 0 unspecified atom stereocenters. The molecule has 106 valence electrons. The van der Waals surface area contributed by atoms with Gasteiger partial charge in [0.15, 0.2) is 12.4 Å². The quantitative estimate of drug-likeness (QED) is 0.940. The van der Waals surface area contributed by atoms with Crippen LogP contribution in [0.2, 0.25) is 0 Å². The number of aromatic nitrogens is 2. The number of alkyl halides is 3. The summed E-state index contributed by atoms with van der Waals surface area (Å²) >= 11 is 0. The van der Waals surface area contributed by atoms with Crippen LogP contribution in [0.25, 0.3) is 11.3 Å². The topological polar surface area (TPSA) is 61.0 Å². The highest BCUT2D eigenvalue weighted by Gasteiger charge is 2.29. The minimum atomic E-state index is -4.45. The van der Waals surface area contributed by atoms with Crippen molar-refractivity contribution >= 4 is 5.82 Å². The third kappa shape index (κ3) is 3.37. The van der Waals surface area contributed by atoms with Crippen LogP contribution in [0, 0.1) is 6.92 Å². The van der Waals surface area contributed by atoms with E-state index >= 15 is 0 Å². The van der Waals surface area contributed by atoms with Gasteiger partial charge < -0.3 is 10.5 Å². The van der Waals surface area contributed by atoms with Crippen LogP contribution < -0.4 is 10.5 Å². The van der Waals surface area contributed by atoms with E-state index in [-0.39, 0.29) is 11.7 Å². The smallest absolute Gasteiger partial charge is 0.422 e. The molecule has 0 fully saturated rings. The number of anilines is 1. The standard InChI is InChI=1S/C13H12F3N3O/c1-8-4-2-3-5-9(8)10-6-18-11(17)12(19-10)20-7-13(14,15)16/h2-6H,7H2,1H3,(H2,17,18). The van der Waals surface area contributed by atoms with Gasteiger partial charge in [0.2, 0.25) is 0 Å². The minimum Gasteiger partial charge on any atom is -0.465 e. The van der Waals surface area contributed by atoms with Crippen LogP contribution in [0.4, 0.5) is 19.0 Å². The summed E-state index contributed by atoms with van der Waals surface area (Å²) in [7, 11) is 0. The zero-order chi connectivity index (χ0) is 14.8. The molecule has 0 amide bonds. The lowest BCUT2D eigenvalue weighted by Gasteiger charge is -2.11. The zero-order valence-electron chi connectivity index (χ0n) is 10.6. The summed E-state index contributed by atoms with van der Waals surface area (Å²) in [6, 6.07) is 7.31. The summed E-state index contributed by atoms with van der Waals surface area (Å²) < 4.78 is 41.0. The van der Waals surface area contributed by atoms with Crippen LogP contribution in [-0.2, 0) is 0 Å². The molecular formula is C13H12F3N3O. The number of nitrogen functional groups attached to an aromatic ring is 1.